The van der Waals surface area contributed by atoms with Crippen molar-refractivity contribution in [1.29, 1.82) is 0 Å². The highest BCUT2D eigenvalue weighted by Crippen LogP contribution is 2.16. The van der Waals surface area contributed by atoms with Crippen LogP contribution in [0.5, 0.6) is 5.75 Å². The maximum Gasteiger partial charge on any atom is 0.387 e. The van der Waals surface area contributed by atoms with E-state index in [0.29, 0.717) is 19.0 Å². The number of aryl methyl sites for hydroxylation is 1. The lowest BCUT2D eigenvalue weighted by Gasteiger charge is -2.18. The van der Waals surface area contributed by atoms with Gasteiger partial charge in [-0.25, -0.2) is 0 Å². The van der Waals surface area contributed by atoms with Crippen molar-refractivity contribution in [3.63, 3.8) is 0 Å². The number of amides is 1. The smallest absolute Gasteiger partial charge is 0.387 e. The Balaban J connectivity index is 1.73. The number of carbonyl (C=O) groups is 1. The summed E-state index contributed by atoms with van der Waals surface area (Å²) in [6.45, 7) is -0.0253. The second-order valence-electron chi connectivity index (χ2n) is 5.33. The summed E-state index contributed by atoms with van der Waals surface area (Å²) in [6, 6.07) is 7.20. The minimum atomic E-state index is -2.79. The van der Waals surface area contributed by atoms with Crippen molar-refractivity contribution in [2.45, 2.75) is 44.9 Å². The molecular formula is C15H20F2N2O2. The van der Waals surface area contributed by atoms with E-state index in [9.17, 15) is 13.6 Å². The van der Waals surface area contributed by atoms with Crippen LogP contribution in [0.3, 0.4) is 0 Å². The molecule has 2 rings (SSSR count). The van der Waals surface area contributed by atoms with Gasteiger partial charge in [0, 0.05) is 25.0 Å². The molecule has 0 radical (unpaired) electrons. The number of halogens is 2. The van der Waals surface area contributed by atoms with Gasteiger partial charge in [-0.05, 0) is 37.5 Å². The van der Waals surface area contributed by atoms with Crippen LogP contribution in [0.25, 0.3) is 0 Å². The predicted octanol–water partition coefficient (Wildman–Crippen LogP) is 2.09. The van der Waals surface area contributed by atoms with E-state index in [0.717, 1.165) is 18.4 Å². The van der Waals surface area contributed by atoms with Gasteiger partial charge in [-0.3, -0.25) is 4.79 Å². The first-order valence-electron chi connectivity index (χ1n) is 7.09. The lowest BCUT2D eigenvalue weighted by atomic mass is 10.1. The number of ether oxygens (including phenoxy) is 1. The molecule has 1 aliphatic heterocycles. The average Bonchev–Trinajstić information content (AvgIpc) is 2.83. The molecule has 2 atom stereocenters. The molecule has 0 aromatic heterocycles. The molecule has 116 valence electrons. The van der Waals surface area contributed by atoms with Crippen LogP contribution in [-0.2, 0) is 11.2 Å². The molecule has 2 unspecified atom stereocenters. The van der Waals surface area contributed by atoms with Gasteiger partial charge < -0.3 is 15.4 Å². The van der Waals surface area contributed by atoms with Crippen LogP contribution in [0.4, 0.5) is 8.78 Å². The van der Waals surface area contributed by atoms with Crippen LogP contribution in [0, 0.1) is 0 Å². The van der Waals surface area contributed by atoms with E-state index in [2.05, 4.69) is 22.3 Å². The van der Waals surface area contributed by atoms with Crippen molar-refractivity contribution in [2.24, 2.45) is 0 Å². The molecule has 0 saturated carbocycles. The SMILES string of the molecule is CC(CCc1ccc(OC(F)F)cc1)NC1CNC(=O)C1. The van der Waals surface area contributed by atoms with E-state index in [-0.39, 0.29) is 17.7 Å². The maximum absolute atomic E-state index is 12.0. The number of carbonyl (C=O) groups excluding carboxylic acids is 1. The zero-order valence-electron chi connectivity index (χ0n) is 11.9. The molecule has 1 heterocycles. The van der Waals surface area contributed by atoms with Crippen LogP contribution in [-0.4, -0.2) is 31.1 Å². The average molecular weight is 298 g/mol. The Kier molecular flexibility index (Phi) is 5.50. The zero-order chi connectivity index (χ0) is 15.2. The summed E-state index contributed by atoms with van der Waals surface area (Å²) in [7, 11) is 0. The molecule has 1 fully saturated rings. The lowest BCUT2D eigenvalue weighted by molar-refractivity contribution is -0.119. The number of benzene rings is 1. The van der Waals surface area contributed by atoms with Crippen LogP contribution in [0.15, 0.2) is 24.3 Å². The Bertz CT molecular complexity index is 465. The quantitative estimate of drug-likeness (QED) is 0.810. The summed E-state index contributed by atoms with van der Waals surface area (Å²) >= 11 is 0. The second kappa shape index (κ2) is 7.36. The molecule has 1 amide bonds. The summed E-state index contributed by atoms with van der Waals surface area (Å²) in [5, 5.41) is 6.20. The van der Waals surface area contributed by atoms with Gasteiger partial charge in [0.2, 0.25) is 5.91 Å². The van der Waals surface area contributed by atoms with Crippen LogP contribution in [0.2, 0.25) is 0 Å². The van der Waals surface area contributed by atoms with E-state index in [1.54, 1.807) is 24.3 Å². The highest BCUT2D eigenvalue weighted by molar-refractivity contribution is 5.78. The Morgan fingerprint density at radius 1 is 1.38 bits per heavy atom. The first kappa shape index (κ1) is 15.7. The number of hydrogen-bond donors (Lipinski definition) is 2. The summed E-state index contributed by atoms with van der Waals surface area (Å²) in [5.41, 5.74) is 1.07. The normalized spacial score (nSPS) is 19.6. The fourth-order valence-electron chi connectivity index (χ4n) is 2.43. The first-order chi connectivity index (χ1) is 10.0. The number of rotatable bonds is 7. The minimum Gasteiger partial charge on any atom is -0.435 e. The fourth-order valence-corrected chi connectivity index (χ4v) is 2.43. The van der Waals surface area contributed by atoms with Crippen molar-refractivity contribution >= 4 is 5.91 Å². The second-order valence-corrected chi connectivity index (χ2v) is 5.33. The van der Waals surface area contributed by atoms with E-state index in [1.807, 2.05) is 0 Å². The minimum absolute atomic E-state index is 0.0920. The molecule has 1 aliphatic rings. The first-order valence-corrected chi connectivity index (χ1v) is 7.09. The molecule has 1 aromatic rings. The molecule has 2 N–H and O–H groups in total. The third kappa shape index (κ3) is 5.30. The fraction of sp³-hybridized carbons (Fsp3) is 0.533. The van der Waals surface area contributed by atoms with Gasteiger partial charge in [-0.2, -0.15) is 8.78 Å². The van der Waals surface area contributed by atoms with E-state index < -0.39 is 6.61 Å². The molecule has 0 aliphatic carbocycles. The van der Waals surface area contributed by atoms with Crippen molar-refractivity contribution < 1.29 is 18.3 Å². The third-order valence-corrected chi connectivity index (χ3v) is 3.51. The predicted molar refractivity (Wildman–Crippen MR) is 75.4 cm³/mol. The highest BCUT2D eigenvalue weighted by Gasteiger charge is 2.22. The molecule has 1 saturated heterocycles. The number of nitrogens with one attached hydrogen (secondary N) is 2. The van der Waals surface area contributed by atoms with E-state index >= 15 is 0 Å². The summed E-state index contributed by atoms with van der Waals surface area (Å²) in [4.78, 5) is 11.1. The van der Waals surface area contributed by atoms with Crippen molar-refractivity contribution in [1.82, 2.24) is 10.6 Å². The summed E-state index contributed by atoms with van der Waals surface area (Å²) in [6.07, 6.45) is 2.29. The van der Waals surface area contributed by atoms with Crippen LogP contribution >= 0.6 is 0 Å². The molecule has 0 spiro atoms. The molecule has 4 nitrogen and oxygen atoms in total. The molecular weight excluding hydrogens is 278 g/mol. The third-order valence-electron chi connectivity index (χ3n) is 3.51. The van der Waals surface area contributed by atoms with Gasteiger partial charge in [0.1, 0.15) is 5.75 Å². The van der Waals surface area contributed by atoms with Crippen molar-refractivity contribution in [2.75, 3.05) is 6.54 Å². The summed E-state index contributed by atoms with van der Waals surface area (Å²) in [5.74, 6) is 0.268. The summed E-state index contributed by atoms with van der Waals surface area (Å²) < 4.78 is 28.4. The number of alkyl halides is 2. The highest BCUT2D eigenvalue weighted by atomic mass is 19.3. The Morgan fingerprint density at radius 2 is 2.10 bits per heavy atom. The standard InChI is InChI=1S/C15H20F2N2O2/c1-10(19-12-8-14(20)18-9-12)2-3-11-4-6-13(7-5-11)21-15(16)17/h4-7,10,12,15,19H,2-3,8-9H2,1H3,(H,18,20). The molecule has 21 heavy (non-hydrogen) atoms. The monoisotopic (exact) mass is 298 g/mol. The van der Waals surface area contributed by atoms with Gasteiger partial charge in [0.05, 0.1) is 0 Å². The maximum atomic E-state index is 12.0. The van der Waals surface area contributed by atoms with Gasteiger partial charge in [-0.15, -0.1) is 0 Å². The van der Waals surface area contributed by atoms with Crippen LogP contribution < -0.4 is 15.4 Å². The Labute approximate surface area is 122 Å². The Morgan fingerprint density at radius 3 is 2.67 bits per heavy atom. The largest absolute Gasteiger partial charge is 0.435 e. The van der Waals surface area contributed by atoms with Gasteiger partial charge in [0.25, 0.3) is 0 Å². The molecule has 1 aromatic carbocycles. The van der Waals surface area contributed by atoms with Crippen LogP contribution in [0.1, 0.15) is 25.3 Å². The topological polar surface area (TPSA) is 50.4 Å². The van der Waals surface area contributed by atoms with E-state index in [1.165, 1.54) is 0 Å². The van der Waals surface area contributed by atoms with Gasteiger partial charge in [0.15, 0.2) is 0 Å². The van der Waals surface area contributed by atoms with Gasteiger partial charge in [-0.1, -0.05) is 12.1 Å². The molecule has 0 bridgehead atoms. The zero-order valence-corrected chi connectivity index (χ0v) is 11.9. The van der Waals surface area contributed by atoms with Gasteiger partial charge >= 0.3 is 6.61 Å². The van der Waals surface area contributed by atoms with Crippen molar-refractivity contribution in [3.05, 3.63) is 29.8 Å². The number of hydrogen-bond acceptors (Lipinski definition) is 3. The van der Waals surface area contributed by atoms with Crippen molar-refractivity contribution in [3.8, 4) is 5.75 Å². The lowest BCUT2D eigenvalue weighted by Crippen LogP contribution is -2.38. The molecule has 6 heteroatoms. The Hall–Kier alpha value is -1.69. The van der Waals surface area contributed by atoms with E-state index in [4.69, 9.17) is 0 Å².